The highest BCUT2D eigenvalue weighted by Gasteiger charge is 2.21. The van der Waals surface area contributed by atoms with Crippen molar-refractivity contribution in [2.75, 3.05) is 17.3 Å². The van der Waals surface area contributed by atoms with Crippen LogP contribution >= 0.6 is 35.6 Å². The molecule has 0 amide bonds. The van der Waals surface area contributed by atoms with Crippen LogP contribution in [0.1, 0.15) is 25.8 Å². The normalized spacial score (nSPS) is 11.9. The van der Waals surface area contributed by atoms with E-state index in [1.807, 2.05) is 45.2 Å². The SMILES string of the molecule is CSCCC(NC(=S)Nc1cccc(Cl)c1C)C(=O)OC(C)C. The minimum Gasteiger partial charge on any atom is -0.461 e. The summed E-state index contributed by atoms with van der Waals surface area (Å²) in [7, 11) is 0. The molecule has 128 valence electrons. The molecule has 0 aromatic heterocycles. The zero-order valence-corrected chi connectivity index (χ0v) is 16.2. The molecule has 1 atom stereocenters. The number of thioether (sulfide) groups is 1. The van der Waals surface area contributed by atoms with E-state index in [-0.39, 0.29) is 12.1 Å². The molecule has 0 aliphatic rings. The molecule has 0 saturated carbocycles. The molecule has 0 bridgehead atoms. The Kier molecular flexibility index (Phi) is 8.73. The second kappa shape index (κ2) is 10.0. The van der Waals surface area contributed by atoms with Crippen molar-refractivity contribution < 1.29 is 9.53 Å². The van der Waals surface area contributed by atoms with Crippen LogP contribution in [0.4, 0.5) is 5.69 Å². The van der Waals surface area contributed by atoms with Crippen LogP contribution in [-0.4, -0.2) is 35.2 Å². The summed E-state index contributed by atoms with van der Waals surface area (Å²) in [6.45, 7) is 5.57. The summed E-state index contributed by atoms with van der Waals surface area (Å²) in [6, 6.07) is 5.08. The molecule has 4 nitrogen and oxygen atoms in total. The molecular formula is C16H23ClN2O2S2. The number of hydrogen-bond donors (Lipinski definition) is 2. The Labute approximate surface area is 152 Å². The first kappa shape index (κ1) is 20.1. The molecule has 0 heterocycles. The molecule has 1 unspecified atom stereocenters. The maximum Gasteiger partial charge on any atom is 0.328 e. The average Bonchev–Trinajstić information content (AvgIpc) is 2.47. The monoisotopic (exact) mass is 374 g/mol. The van der Waals surface area contributed by atoms with Gasteiger partial charge in [0.05, 0.1) is 6.10 Å². The van der Waals surface area contributed by atoms with Gasteiger partial charge in [0.15, 0.2) is 5.11 Å². The first-order valence-corrected chi connectivity index (χ1v) is 9.55. The van der Waals surface area contributed by atoms with Gasteiger partial charge in [-0.1, -0.05) is 17.7 Å². The maximum atomic E-state index is 12.2. The molecule has 0 spiro atoms. The highest BCUT2D eigenvalue weighted by atomic mass is 35.5. The second-order valence-electron chi connectivity index (χ2n) is 5.33. The Morgan fingerprint density at radius 1 is 1.43 bits per heavy atom. The summed E-state index contributed by atoms with van der Waals surface area (Å²) in [5.41, 5.74) is 1.72. The van der Waals surface area contributed by atoms with Crippen molar-refractivity contribution in [1.82, 2.24) is 5.32 Å². The van der Waals surface area contributed by atoms with Crippen molar-refractivity contribution in [3.63, 3.8) is 0 Å². The molecular weight excluding hydrogens is 352 g/mol. The first-order chi connectivity index (χ1) is 10.8. The summed E-state index contributed by atoms with van der Waals surface area (Å²) in [4.78, 5) is 12.2. The predicted molar refractivity (Wildman–Crippen MR) is 104 cm³/mol. The molecule has 7 heteroatoms. The number of carbonyl (C=O) groups excluding carboxylic acids is 1. The molecule has 1 rings (SSSR count). The number of rotatable bonds is 7. The number of esters is 1. The minimum absolute atomic E-state index is 0.155. The van der Waals surface area contributed by atoms with E-state index < -0.39 is 6.04 Å². The summed E-state index contributed by atoms with van der Waals surface area (Å²) in [6.07, 6.45) is 2.48. The van der Waals surface area contributed by atoms with Crippen molar-refractivity contribution in [2.45, 2.75) is 39.3 Å². The molecule has 23 heavy (non-hydrogen) atoms. The van der Waals surface area contributed by atoms with Gasteiger partial charge in [0, 0.05) is 10.7 Å². The van der Waals surface area contributed by atoms with Crippen molar-refractivity contribution >= 4 is 52.3 Å². The van der Waals surface area contributed by atoms with Crippen LogP contribution in [0.15, 0.2) is 18.2 Å². The number of ether oxygens (including phenoxy) is 1. The van der Waals surface area contributed by atoms with E-state index in [1.54, 1.807) is 11.8 Å². The fourth-order valence-corrected chi connectivity index (χ4v) is 2.76. The number of benzene rings is 1. The lowest BCUT2D eigenvalue weighted by Gasteiger charge is -2.21. The van der Waals surface area contributed by atoms with E-state index in [1.165, 1.54) is 0 Å². The van der Waals surface area contributed by atoms with Crippen molar-refractivity contribution in [2.24, 2.45) is 0 Å². The first-order valence-electron chi connectivity index (χ1n) is 7.37. The van der Waals surface area contributed by atoms with E-state index in [9.17, 15) is 4.79 Å². The molecule has 1 aromatic rings. The summed E-state index contributed by atoms with van der Waals surface area (Å²) in [5, 5.41) is 7.17. The van der Waals surface area contributed by atoms with Gasteiger partial charge in [0.1, 0.15) is 6.04 Å². The topological polar surface area (TPSA) is 50.4 Å². The van der Waals surface area contributed by atoms with Crippen LogP contribution in [0.25, 0.3) is 0 Å². The molecule has 0 aliphatic heterocycles. The number of halogens is 1. The number of nitrogens with one attached hydrogen (secondary N) is 2. The number of thiocarbonyl (C=S) groups is 1. The van der Waals surface area contributed by atoms with Gasteiger partial charge < -0.3 is 15.4 Å². The Hall–Kier alpha value is -0.980. The van der Waals surface area contributed by atoms with Gasteiger partial charge in [-0.25, -0.2) is 4.79 Å². The largest absolute Gasteiger partial charge is 0.461 e. The lowest BCUT2D eigenvalue weighted by molar-refractivity contribution is -0.149. The lowest BCUT2D eigenvalue weighted by atomic mass is 10.2. The highest BCUT2D eigenvalue weighted by Crippen LogP contribution is 2.22. The van der Waals surface area contributed by atoms with E-state index in [0.29, 0.717) is 16.6 Å². The zero-order chi connectivity index (χ0) is 17.4. The highest BCUT2D eigenvalue weighted by molar-refractivity contribution is 7.98. The van der Waals surface area contributed by atoms with Gasteiger partial charge in [-0.05, 0) is 69.1 Å². The summed E-state index contributed by atoms with van der Waals surface area (Å²) >= 11 is 13.1. The molecule has 0 fully saturated rings. The van der Waals surface area contributed by atoms with Gasteiger partial charge in [-0.2, -0.15) is 11.8 Å². The number of anilines is 1. The van der Waals surface area contributed by atoms with E-state index in [0.717, 1.165) is 17.0 Å². The summed E-state index contributed by atoms with van der Waals surface area (Å²) < 4.78 is 5.28. The number of hydrogen-bond acceptors (Lipinski definition) is 4. The van der Waals surface area contributed by atoms with Gasteiger partial charge in [0.25, 0.3) is 0 Å². The van der Waals surface area contributed by atoms with Crippen molar-refractivity contribution in [3.05, 3.63) is 28.8 Å². The Morgan fingerprint density at radius 3 is 2.74 bits per heavy atom. The van der Waals surface area contributed by atoms with Crippen molar-refractivity contribution in [3.8, 4) is 0 Å². The zero-order valence-electron chi connectivity index (χ0n) is 13.8. The van der Waals surface area contributed by atoms with E-state index in [4.69, 9.17) is 28.6 Å². The molecule has 2 N–H and O–H groups in total. The third-order valence-electron chi connectivity index (χ3n) is 3.07. The van der Waals surface area contributed by atoms with Crippen LogP contribution in [0.5, 0.6) is 0 Å². The van der Waals surface area contributed by atoms with E-state index in [2.05, 4.69) is 10.6 Å². The fourth-order valence-electron chi connectivity index (χ4n) is 1.86. The van der Waals surface area contributed by atoms with Crippen molar-refractivity contribution in [1.29, 1.82) is 0 Å². The number of carbonyl (C=O) groups is 1. The van der Waals surface area contributed by atoms with Crippen LogP contribution in [0.2, 0.25) is 5.02 Å². The molecule has 1 aromatic carbocycles. The second-order valence-corrected chi connectivity index (χ2v) is 7.13. The maximum absolute atomic E-state index is 12.2. The third kappa shape index (κ3) is 6.97. The van der Waals surface area contributed by atoms with Crippen LogP contribution in [-0.2, 0) is 9.53 Å². The average molecular weight is 375 g/mol. The lowest BCUT2D eigenvalue weighted by Crippen LogP contribution is -2.44. The Morgan fingerprint density at radius 2 is 2.13 bits per heavy atom. The fraction of sp³-hybridized carbons (Fsp3) is 0.500. The third-order valence-corrected chi connectivity index (χ3v) is 4.34. The van der Waals surface area contributed by atoms with Gasteiger partial charge in [-0.3, -0.25) is 0 Å². The van der Waals surface area contributed by atoms with Crippen LogP contribution in [0, 0.1) is 6.92 Å². The van der Waals surface area contributed by atoms with E-state index >= 15 is 0 Å². The van der Waals surface area contributed by atoms with Crippen LogP contribution in [0.3, 0.4) is 0 Å². The molecule has 0 saturated heterocycles. The molecule has 0 radical (unpaired) electrons. The van der Waals surface area contributed by atoms with Gasteiger partial charge in [-0.15, -0.1) is 0 Å². The van der Waals surface area contributed by atoms with Gasteiger partial charge in [0.2, 0.25) is 0 Å². The molecule has 0 aliphatic carbocycles. The van der Waals surface area contributed by atoms with Crippen LogP contribution < -0.4 is 10.6 Å². The van der Waals surface area contributed by atoms with Gasteiger partial charge >= 0.3 is 5.97 Å². The Balaban J connectivity index is 2.72. The smallest absolute Gasteiger partial charge is 0.328 e. The Bertz CT molecular complexity index is 553. The minimum atomic E-state index is -0.468. The summed E-state index contributed by atoms with van der Waals surface area (Å²) in [5.74, 6) is 0.546. The quantitative estimate of drug-likeness (QED) is 0.555. The predicted octanol–water partition coefficient (Wildman–Crippen LogP) is 4.01. The standard InChI is InChI=1S/C16H23ClN2O2S2/c1-10(2)21-15(20)14(8-9-23-4)19-16(22)18-13-7-5-6-12(17)11(13)3/h5-7,10,14H,8-9H2,1-4H3,(H2,18,19,22).